The van der Waals surface area contributed by atoms with Gasteiger partial charge >= 0.3 is 0 Å². The van der Waals surface area contributed by atoms with Crippen molar-refractivity contribution in [2.75, 3.05) is 0 Å². The van der Waals surface area contributed by atoms with Gasteiger partial charge in [0.25, 0.3) is 0 Å². The van der Waals surface area contributed by atoms with E-state index in [4.69, 9.17) is 8.83 Å². The molecule has 108 valence electrons. The number of Topliss-reactive ketones (excluding diaryl/α,β-unsaturated/α-hetero) is 1. The Kier molecular flexibility index (Phi) is 4.48. The zero-order chi connectivity index (χ0) is 14.7. The van der Waals surface area contributed by atoms with E-state index in [1.807, 2.05) is 39.8 Å². The molecule has 0 saturated heterocycles. The molecule has 2 heterocycles. The quantitative estimate of drug-likeness (QED) is 0.763. The molecule has 2 atom stereocenters. The second-order valence-corrected chi connectivity index (χ2v) is 5.68. The molecule has 2 aromatic heterocycles. The summed E-state index contributed by atoms with van der Waals surface area (Å²) < 4.78 is 10.9. The Morgan fingerprint density at radius 1 is 0.950 bits per heavy atom. The summed E-state index contributed by atoms with van der Waals surface area (Å²) in [6.07, 6.45) is 4.39. The topological polar surface area (TPSA) is 43.4 Å². The number of carbonyl (C=O) groups is 1. The van der Waals surface area contributed by atoms with Crippen LogP contribution >= 0.6 is 0 Å². The minimum absolute atomic E-state index is 0.127. The van der Waals surface area contributed by atoms with E-state index in [2.05, 4.69) is 0 Å². The number of hydrogen-bond donors (Lipinski definition) is 0. The van der Waals surface area contributed by atoms with E-state index in [-0.39, 0.29) is 17.6 Å². The van der Waals surface area contributed by atoms with E-state index < -0.39 is 0 Å². The predicted octanol–water partition coefficient (Wildman–Crippen LogP) is 4.75. The predicted molar refractivity (Wildman–Crippen MR) is 78.0 cm³/mol. The fraction of sp³-hybridized carbons (Fsp3) is 0.471. The van der Waals surface area contributed by atoms with E-state index in [0.717, 1.165) is 22.6 Å². The van der Waals surface area contributed by atoms with Gasteiger partial charge in [-0.2, -0.15) is 0 Å². The third-order valence-electron chi connectivity index (χ3n) is 3.77. The molecule has 0 bridgehead atoms. The van der Waals surface area contributed by atoms with Crippen molar-refractivity contribution in [2.45, 2.75) is 52.4 Å². The van der Waals surface area contributed by atoms with Crippen LogP contribution in [0.15, 0.2) is 33.5 Å². The molecular weight excluding hydrogens is 252 g/mol. The van der Waals surface area contributed by atoms with Crippen LogP contribution in [0, 0.1) is 13.8 Å². The molecule has 0 aliphatic heterocycles. The molecule has 2 rings (SSSR count). The first kappa shape index (κ1) is 14.6. The molecule has 0 N–H and O–H groups in total. The van der Waals surface area contributed by atoms with Crippen LogP contribution in [0.2, 0.25) is 0 Å². The zero-order valence-corrected chi connectivity index (χ0v) is 12.6. The normalized spacial score (nSPS) is 14.2. The molecule has 0 saturated carbocycles. The number of aryl methyl sites for hydroxylation is 2. The molecule has 0 spiro atoms. The van der Waals surface area contributed by atoms with Crippen molar-refractivity contribution in [3.8, 4) is 0 Å². The lowest BCUT2D eigenvalue weighted by Gasteiger charge is -2.12. The Morgan fingerprint density at radius 3 is 1.65 bits per heavy atom. The van der Waals surface area contributed by atoms with Gasteiger partial charge in [-0.3, -0.25) is 4.79 Å². The third-order valence-corrected chi connectivity index (χ3v) is 3.77. The second-order valence-electron chi connectivity index (χ2n) is 5.68. The fourth-order valence-corrected chi connectivity index (χ4v) is 2.73. The summed E-state index contributed by atoms with van der Waals surface area (Å²) in [5.41, 5.74) is 2.22. The van der Waals surface area contributed by atoms with Crippen molar-refractivity contribution in [3.05, 3.63) is 47.3 Å². The second kappa shape index (κ2) is 6.12. The van der Waals surface area contributed by atoms with Gasteiger partial charge in [-0.15, -0.1) is 0 Å². The zero-order valence-electron chi connectivity index (χ0n) is 12.6. The molecule has 0 aliphatic carbocycles. The highest BCUT2D eigenvalue weighted by Crippen LogP contribution is 2.28. The Morgan fingerprint density at radius 2 is 1.35 bits per heavy atom. The van der Waals surface area contributed by atoms with Gasteiger partial charge in [0.2, 0.25) is 0 Å². The van der Waals surface area contributed by atoms with E-state index in [9.17, 15) is 4.79 Å². The van der Waals surface area contributed by atoms with Crippen LogP contribution in [0.3, 0.4) is 0 Å². The lowest BCUT2D eigenvalue weighted by Crippen LogP contribution is -2.08. The van der Waals surface area contributed by atoms with Gasteiger partial charge in [0, 0.05) is 24.7 Å². The molecule has 3 heteroatoms. The molecule has 2 aromatic rings. The van der Waals surface area contributed by atoms with Crippen molar-refractivity contribution in [1.29, 1.82) is 0 Å². The Balaban J connectivity index is 1.93. The maximum atomic E-state index is 12.2. The lowest BCUT2D eigenvalue weighted by atomic mass is 9.93. The molecule has 20 heavy (non-hydrogen) atoms. The molecule has 0 fully saturated rings. The van der Waals surface area contributed by atoms with Crippen LogP contribution < -0.4 is 0 Å². The number of ketones is 1. The molecule has 0 amide bonds. The van der Waals surface area contributed by atoms with Crippen LogP contribution in [-0.4, -0.2) is 5.78 Å². The molecule has 0 radical (unpaired) electrons. The van der Waals surface area contributed by atoms with E-state index >= 15 is 0 Å². The van der Waals surface area contributed by atoms with E-state index in [1.165, 1.54) is 0 Å². The maximum Gasteiger partial charge on any atom is 0.134 e. The van der Waals surface area contributed by atoms with Gasteiger partial charge < -0.3 is 8.83 Å². The minimum atomic E-state index is 0.127. The highest BCUT2D eigenvalue weighted by molar-refractivity contribution is 5.80. The Bertz CT molecular complexity index is 526. The summed E-state index contributed by atoms with van der Waals surface area (Å²) >= 11 is 0. The van der Waals surface area contributed by atoms with Crippen molar-refractivity contribution in [2.24, 2.45) is 0 Å². The summed E-state index contributed by atoms with van der Waals surface area (Å²) in [6, 6.07) is 3.87. The van der Waals surface area contributed by atoms with E-state index in [1.54, 1.807) is 12.5 Å². The van der Waals surface area contributed by atoms with Crippen LogP contribution in [0.4, 0.5) is 0 Å². The SMILES string of the molecule is Cc1ccoc1C(C)CC(=O)CC(C)c1occc1C. The summed E-state index contributed by atoms with van der Waals surface area (Å²) in [7, 11) is 0. The molecule has 0 aliphatic rings. The van der Waals surface area contributed by atoms with Gasteiger partial charge in [0.15, 0.2) is 0 Å². The van der Waals surface area contributed by atoms with Gasteiger partial charge in [0.1, 0.15) is 17.3 Å². The van der Waals surface area contributed by atoms with Gasteiger partial charge in [0.05, 0.1) is 12.5 Å². The van der Waals surface area contributed by atoms with Gasteiger partial charge in [-0.05, 0) is 37.1 Å². The van der Waals surface area contributed by atoms with Crippen molar-refractivity contribution in [1.82, 2.24) is 0 Å². The Labute approximate surface area is 120 Å². The first-order valence-corrected chi connectivity index (χ1v) is 7.08. The van der Waals surface area contributed by atoms with Crippen LogP contribution in [-0.2, 0) is 4.79 Å². The van der Waals surface area contributed by atoms with Crippen molar-refractivity contribution < 1.29 is 13.6 Å². The van der Waals surface area contributed by atoms with Crippen LogP contribution in [0.1, 0.15) is 61.2 Å². The largest absolute Gasteiger partial charge is 0.469 e. The number of hydrogen-bond acceptors (Lipinski definition) is 3. The highest BCUT2D eigenvalue weighted by Gasteiger charge is 2.20. The van der Waals surface area contributed by atoms with Gasteiger partial charge in [-0.1, -0.05) is 13.8 Å². The lowest BCUT2D eigenvalue weighted by molar-refractivity contribution is -0.119. The summed E-state index contributed by atoms with van der Waals surface area (Å²) in [4.78, 5) is 12.2. The molecular formula is C17H22O3. The van der Waals surface area contributed by atoms with Crippen molar-refractivity contribution >= 4 is 5.78 Å². The standard InChI is InChI=1S/C17H22O3/c1-11-5-7-19-16(11)13(3)9-15(18)10-14(4)17-12(2)6-8-20-17/h5-8,13-14H,9-10H2,1-4H3. The summed E-state index contributed by atoms with van der Waals surface area (Å²) in [5, 5.41) is 0. The van der Waals surface area contributed by atoms with Crippen LogP contribution in [0.5, 0.6) is 0 Å². The van der Waals surface area contributed by atoms with Gasteiger partial charge in [-0.25, -0.2) is 0 Å². The molecule has 3 nitrogen and oxygen atoms in total. The average Bonchev–Trinajstić information content (AvgIpc) is 2.97. The van der Waals surface area contributed by atoms with Crippen molar-refractivity contribution in [3.63, 3.8) is 0 Å². The molecule has 0 aromatic carbocycles. The Hall–Kier alpha value is -1.77. The summed E-state index contributed by atoms with van der Waals surface area (Å²) in [6.45, 7) is 8.09. The number of rotatable bonds is 6. The maximum absolute atomic E-state index is 12.2. The first-order chi connectivity index (χ1) is 9.49. The fourth-order valence-electron chi connectivity index (χ4n) is 2.73. The molecule has 2 unspecified atom stereocenters. The number of furan rings is 2. The summed E-state index contributed by atoms with van der Waals surface area (Å²) in [5.74, 6) is 2.33. The smallest absolute Gasteiger partial charge is 0.134 e. The number of carbonyl (C=O) groups excluding carboxylic acids is 1. The van der Waals surface area contributed by atoms with E-state index in [0.29, 0.717) is 12.8 Å². The highest BCUT2D eigenvalue weighted by atomic mass is 16.3. The van der Waals surface area contributed by atoms with Crippen LogP contribution in [0.25, 0.3) is 0 Å². The third kappa shape index (κ3) is 3.21. The monoisotopic (exact) mass is 274 g/mol. The minimum Gasteiger partial charge on any atom is -0.469 e. The first-order valence-electron chi connectivity index (χ1n) is 7.08. The average molecular weight is 274 g/mol.